The monoisotopic (exact) mass is 404 g/mol. The predicted octanol–water partition coefficient (Wildman–Crippen LogP) is 2.15. The zero-order chi connectivity index (χ0) is 19.8. The minimum atomic E-state index is -1.34. The molecule has 0 aliphatic carbocycles. The third-order valence-corrected chi connectivity index (χ3v) is 6.22. The predicted molar refractivity (Wildman–Crippen MR) is 104 cm³/mol. The number of rotatable bonds is 5. The van der Waals surface area contributed by atoms with E-state index in [4.69, 9.17) is 9.84 Å². The zero-order valence-corrected chi connectivity index (χ0v) is 15.7. The number of thiophene rings is 1. The van der Waals surface area contributed by atoms with Crippen LogP contribution in [-0.2, 0) is 11.2 Å². The molecule has 0 saturated carbocycles. The second-order valence-electron chi connectivity index (χ2n) is 7.03. The molecule has 0 spiro atoms. The molecule has 2 aromatic carbocycles. The Bertz CT molecular complexity index is 941. The molecule has 5 nitrogen and oxygen atoms in total. The summed E-state index contributed by atoms with van der Waals surface area (Å²) >= 11 is 1.60. The van der Waals surface area contributed by atoms with Crippen LogP contribution in [0.2, 0.25) is 0 Å². The average molecular weight is 404 g/mol. The summed E-state index contributed by atoms with van der Waals surface area (Å²) < 4.78 is 21.1. The summed E-state index contributed by atoms with van der Waals surface area (Å²) in [6, 6.07) is 14.4. The lowest BCUT2D eigenvalue weighted by Gasteiger charge is -2.19. The van der Waals surface area contributed by atoms with Gasteiger partial charge >= 0.3 is 0 Å². The Kier molecular flexibility index (Phi) is 5.46. The van der Waals surface area contributed by atoms with Crippen molar-refractivity contribution in [3.8, 4) is 0 Å². The lowest BCUT2D eigenvalue weighted by Crippen LogP contribution is -2.40. The Morgan fingerprint density at radius 1 is 1.07 bits per heavy atom. The van der Waals surface area contributed by atoms with Crippen LogP contribution in [0.3, 0.4) is 0 Å². The molecular weight excluding hydrogens is 383 g/mol. The number of aliphatic hydroxyl groups is 4. The van der Waals surface area contributed by atoms with Gasteiger partial charge in [-0.3, -0.25) is 0 Å². The molecule has 28 heavy (non-hydrogen) atoms. The van der Waals surface area contributed by atoms with Crippen LogP contribution < -0.4 is 0 Å². The highest BCUT2D eigenvalue weighted by Crippen LogP contribution is 2.36. The summed E-state index contributed by atoms with van der Waals surface area (Å²) in [6.45, 7) is -0.595. The molecule has 1 saturated heterocycles. The number of fused-ring (bicyclic) bond motifs is 1. The number of hydrogen-bond donors (Lipinski definition) is 4. The van der Waals surface area contributed by atoms with E-state index in [9.17, 15) is 19.7 Å². The van der Waals surface area contributed by atoms with E-state index in [1.165, 1.54) is 12.1 Å². The molecule has 5 atom stereocenters. The molecule has 1 aliphatic rings. The first-order chi connectivity index (χ1) is 13.5. The normalized spacial score (nSPS) is 26.0. The van der Waals surface area contributed by atoms with Gasteiger partial charge in [0.15, 0.2) is 0 Å². The van der Waals surface area contributed by atoms with Gasteiger partial charge in [0, 0.05) is 16.0 Å². The van der Waals surface area contributed by atoms with Gasteiger partial charge in [-0.2, -0.15) is 0 Å². The van der Waals surface area contributed by atoms with Gasteiger partial charge in [0.1, 0.15) is 36.3 Å². The van der Waals surface area contributed by atoms with Crippen molar-refractivity contribution in [2.45, 2.75) is 36.9 Å². The summed E-state index contributed by atoms with van der Waals surface area (Å²) in [5.74, 6) is -0.360. The number of benzene rings is 2. The average Bonchev–Trinajstić information content (AvgIpc) is 3.24. The highest BCUT2D eigenvalue weighted by molar-refractivity contribution is 7.19. The Morgan fingerprint density at radius 2 is 1.86 bits per heavy atom. The van der Waals surface area contributed by atoms with Crippen LogP contribution in [0.1, 0.15) is 22.1 Å². The largest absolute Gasteiger partial charge is 0.394 e. The van der Waals surface area contributed by atoms with E-state index in [0.29, 0.717) is 17.5 Å². The third-order valence-electron chi connectivity index (χ3n) is 5.11. The van der Waals surface area contributed by atoms with Crippen LogP contribution in [0.5, 0.6) is 0 Å². The van der Waals surface area contributed by atoms with Crippen molar-refractivity contribution >= 4 is 21.4 Å². The summed E-state index contributed by atoms with van der Waals surface area (Å²) in [5, 5.41) is 40.4. The highest BCUT2D eigenvalue weighted by Gasteiger charge is 2.46. The van der Waals surface area contributed by atoms with Crippen LogP contribution in [0.4, 0.5) is 4.39 Å². The van der Waals surface area contributed by atoms with Crippen LogP contribution >= 0.6 is 11.3 Å². The van der Waals surface area contributed by atoms with Crippen molar-refractivity contribution in [1.82, 2.24) is 0 Å². The molecule has 0 radical (unpaired) electrons. The van der Waals surface area contributed by atoms with Gasteiger partial charge in [0.25, 0.3) is 0 Å². The summed E-state index contributed by atoms with van der Waals surface area (Å²) in [7, 11) is 0. The molecule has 4 N–H and O–H groups in total. The Balaban J connectivity index is 1.60. The van der Waals surface area contributed by atoms with Crippen LogP contribution in [0.15, 0.2) is 48.5 Å². The first-order valence-electron chi connectivity index (χ1n) is 9.04. The van der Waals surface area contributed by atoms with Gasteiger partial charge < -0.3 is 25.2 Å². The van der Waals surface area contributed by atoms with E-state index in [2.05, 4.69) is 0 Å². The van der Waals surface area contributed by atoms with Crippen molar-refractivity contribution in [3.63, 3.8) is 0 Å². The molecule has 1 unspecified atom stereocenters. The van der Waals surface area contributed by atoms with Gasteiger partial charge in [-0.25, -0.2) is 4.39 Å². The minimum Gasteiger partial charge on any atom is -0.394 e. The standard InChI is InChI=1S/C21H21FO5S/c22-15-6-5-12(20-18(25)19(26)21(27-20)16(24)10-23)7-13(15)9-14-8-11-3-1-2-4-17(11)28-14/h1-8,16,18-21,23-26H,9-10H2/t16-,18-,19-,20+,21?/m1/s1. The maximum atomic E-state index is 14.4. The first-order valence-corrected chi connectivity index (χ1v) is 9.86. The molecule has 0 amide bonds. The Hall–Kier alpha value is -1.87. The summed E-state index contributed by atoms with van der Waals surface area (Å²) in [6.07, 6.45) is -5.57. The molecule has 7 heteroatoms. The Labute approximate surface area is 165 Å². The van der Waals surface area contributed by atoms with Gasteiger partial charge in [-0.1, -0.05) is 24.3 Å². The van der Waals surface area contributed by atoms with E-state index in [1.807, 2.05) is 30.3 Å². The molecule has 1 fully saturated rings. The second-order valence-corrected chi connectivity index (χ2v) is 8.20. The first kappa shape index (κ1) is 19.4. The quantitative estimate of drug-likeness (QED) is 0.523. The molecule has 1 aliphatic heterocycles. The van der Waals surface area contributed by atoms with Crippen molar-refractivity contribution in [3.05, 3.63) is 70.4 Å². The lowest BCUT2D eigenvalue weighted by molar-refractivity contribution is -0.0820. The van der Waals surface area contributed by atoms with E-state index >= 15 is 0 Å². The number of aliphatic hydroxyl groups excluding tert-OH is 4. The fourth-order valence-electron chi connectivity index (χ4n) is 3.62. The lowest BCUT2D eigenvalue weighted by atomic mass is 9.97. The fraction of sp³-hybridized carbons (Fsp3) is 0.333. The molecule has 3 aromatic rings. The zero-order valence-electron chi connectivity index (χ0n) is 14.9. The number of hydrogen-bond acceptors (Lipinski definition) is 6. The van der Waals surface area contributed by atoms with E-state index < -0.39 is 37.1 Å². The van der Waals surface area contributed by atoms with E-state index in [1.54, 1.807) is 17.4 Å². The van der Waals surface area contributed by atoms with E-state index in [-0.39, 0.29) is 5.82 Å². The third kappa shape index (κ3) is 3.57. The molecule has 0 bridgehead atoms. The minimum absolute atomic E-state index is 0.360. The summed E-state index contributed by atoms with van der Waals surface area (Å²) in [5.41, 5.74) is 0.970. The number of ether oxygens (including phenoxy) is 1. The molecular formula is C21H21FO5S. The maximum absolute atomic E-state index is 14.4. The molecule has 1 aromatic heterocycles. The van der Waals surface area contributed by atoms with Crippen molar-refractivity contribution in [2.75, 3.05) is 6.61 Å². The highest BCUT2D eigenvalue weighted by atomic mass is 32.1. The van der Waals surface area contributed by atoms with Gasteiger partial charge in [-0.15, -0.1) is 11.3 Å². The van der Waals surface area contributed by atoms with Gasteiger partial charge in [0.05, 0.1) is 6.61 Å². The molecule has 2 heterocycles. The van der Waals surface area contributed by atoms with E-state index in [0.717, 1.165) is 15.0 Å². The second kappa shape index (κ2) is 7.87. The number of halogens is 1. The van der Waals surface area contributed by atoms with Crippen LogP contribution in [0.25, 0.3) is 10.1 Å². The van der Waals surface area contributed by atoms with Gasteiger partial charge in [0.2, 0.25) is 0 Å². The van der Waals surface area contributed by atoms with Crippen molar-refractivity contribution in [2.24, 2.45) is 0 Å². The van der Waals surface area contributed by atoms with Gasteiger partial charge in [-0.05, 0) is 40.8 Å². The Morgan fingerprint density at radius 3 is 2.61 bits per heavy atom. The fourth-order valence-corrected chi connectivity index (χ4v) is 4.71. The molecule has 4 rings (SSSR count). The van der Waals surface area contributed by atoms with Crippen LogP contribution in [-0.4, -0.2) is 51.4 Å². The smallest absolute Gasteiger partial charge is 0.126 e. The molecule has 148 valence electrons. The summed E-state index contributed by atoms with van der Waals surface area (Å²) in [4.78, 5) is 1.01. The topological polar surface area (TPSA) is 90.2 Å². The van der Waals surface area contributed by atoms with Crippen molar-refractivity contribution in [1.29, 1.82) is 0 Å². The SMILES string of the molecule is OC[C@@H](O)C1O[C@@H](c2ccc(F)c(Cc3cc4ccccc4s3)c2)[C@H](O)[C@H]1O. The van der Waals surface area contributed by atoms with Crippen LogP contribution in [0, 0.1) is 5.82 Å². The maximum Gasteiger partial charge on any atom is 0.126 e. The van der Waals surface area contributed by atoms with Crippen molar-refractivity contribution < 1.29 is 29.6 Å².